The Morgan fingerprint density at radius 1 is 1.35 bits per heavy atom. The van der Waals surface area contributed by atoms with E-state index in [0.29, 0.717) is 17.8 Å². The summed E-state index contributed by atoms with van der Waals surface area (Å²) >= 11 is 0. The van der Waals surface area contributed by atoms with Crippen molar-refractivity contribution in [1.29, 1.82) is 0 Å². The highest BCUT2D eigenvalue weighted by Gasteiger charge is 2.45. The second-order valence-electron chi connectivity index (χ2n) is 7.86. The van der Waals surface area contributed by atoms with Crippen molar-refractivity contribution in [2.24, 2.45) is 11.8 Å². The van der Waals surface area contributed by atoms with Gasteiger partial charge in [-0.2, -0.15) is 5.10 Å². The van der Waals surface area contributed by atoms with Gasteiger partial charge < -0.3 is 9.84 Å². The van der Waals surface area contributed by atoms with Crippen molar-refractivity contribution in [3.05, 3.63) is 17.5 Å². The largest absolute Gasteiger partial charge is 0.389 e. The number of likely N-dealkylation sites (tertiary alicyclic amines) is 1. The molecule has 5 heteroatoms. The molecule has 5 nitrogen and oxygen atoms in total. The van der Waals surface area contributed by atoms with Crippen LogP contribution in [0.3, 0.4) is 0 Å². The summed E-state index contributed by atoms with van der Waals surface area (Å²) in [5, 5.41) is 18.9. The van der Waals surface area contributed by atoms with E-state index in [9.17, 15) is 5.11 Å². The van der Waals surface area contributed by atoms with Crippen molar-refractivity contribution >= 4 is 0 Å². The zero-order valence-electron chi connectivity index (χ0n) is 14.1. The fraction of sp³-hybridized carbons (Fsp3) is 0.833. The molecule has 2 N–H and O–H groups in total. The standard InChI is InChI=1S/C18H29N3O2/c1-13-11-21(12-16-10-17(20-19-16)14-2-3-14)7-6-18(13,22)15-4-8-23-9-5-15/h10,13-15,22H,2-9,11-12H2,1H3,(H,19,20)/t13-,18+/m1/s1. The lowest BCUT2D eigenvalue weighted by molar-refractivity contribution is -0.131. The highest BCUT2D eigenvalue weighted by molar-refractivity contribution is 5.17. The molecule has 4 rings (SSSR count). The number of piperidine rings is 1. The molecule has 0 bridgehead atoms. The van der Waals surface area contributed by atoms with Crippen LogP contribution in [0.1, 0.15) is 56.3 Å². The number of hydrogen-bond acceptors (Lipinski definition) is 4. The Balaban J connectivity index is 1.36. The van der Waals surface area contributed by atoms with Crippen LogP contribution in [0.2, 0.25) is 0 Å². The van der Waals surface area contributed by atoms with Crippen LogP contribution >= 0.6 is 0 Å². The van der Waals surface area contributed by atoms with Crippen molar-refractivity contribution in [3.63, 3.8) is 0 Å². The smallest absolute Gasteiger partial charge is 0.0727 e. The Kier molecular flexibility index (Phi) is 4.20. The van der Waals surface area contributed by atoms with Crippen molar-refractivity contribution in [1.82, 2.24) is 15.1 Å². The minimum absolute atomic E-state index is 0.310. The molecule has 3 aliphatic rings. The third-order valence-electron chi connectivity index (χ3n) is 6.18. The summed E-state index contributed by atoms with van der Waals surface area (Å²) < 4.78 is 5.46. The molecule has 1 aliphatic carbocycles. The molecule has 1 aromatic rings. The first kappa shape index (κ1) is 15.6. The van der Waals surface area contributed by atoms with Gasteiger partial charge in [-0.3, -0.25) is 10.00 Å². The quantitative estimate of drug-likeness (QED) is 0.894. The molecule has 1 aromatic heterocycles. The second-order valence-corrected chi connectivity index (χ2v) is 7.86. The Morgan fingerprint density at radius 2 is 2.13 bits per heavy atom. The lowest BCUT2D eigenvalue weighted by atomic mass is 9.70. The van der Waals surface area contributed by atoms with Crippen molar-refractivity contribution in [3.8, 4) is 0 Å². The maximum Gasteiger partial charge on any atom is 0.0727 e. The summed E-state index contributed by atoms with van der Waals surface area (Å²) in [4.78, 5) is 2.46. The van der Waals surface area contributed by atoms with Crippen molar-refractivity contribution < 1.29 is 9.84 Å². The number of ether oxygens (including phenoxy) is 1. The molecule has 2 aliphatic heterocycles. The second kappa shape index (κ2) is 6.19. The van der Waals surface area contributed by atoms with E-state index in [1.165, 1.54) is 24.2 Å². The average molecular weight is 319 g/mol. The minimum Gasteiger partial charge on any atom is -0.389 e. The van der Waals surface area contributed by atoms with Crippen LogP contribution in [0.5, 0.6) is 0 Å². The molecular weight excluding hydrogens is 290 g/mol. The van der Waals surface area contributed by atoms with Crippen LogP contribution in [0.25, 0.3) is 0 Å². The number of rotatable bonds is 4. The highest BCUT2D eigenvalue weighted by Crippen LogP contribution is 2.40. The summed E-state index contributed by atoms with van der Waals surface area (Å²) in [5.41, 5.74) is 1.95. The summed E-state index contributed by atoms with van der Waals surface area (Å²) in [6.07, 6.45) is 5.48. The van der Waals surface area contributed by atoms with E-state index >= 15 is 0 Å². The van der Waals surface area contributed by atoms with E-state index in [-0.39, 0.29) is 0 Å². The van der Waals surface area contributed by atoms with Gasteiger partial charge in [-0.15, -0.1) is 0 Å². The van der Waals surface area contributed by atoms with Crippen LogP contribution in [0.15, 0.2) is 6.07 Å². The van der Waals surface area contributed by atoms with E-state index in [2.05, 4.69) is 28.1 Å². The molecule has 0 unspecified atom stereocenters. The van der Waals surface area contributed by atoms with Gasteiger partial charge in [-0.1, -0.05) is 6.92 Å². The fourth-order valence-corrected chi connectivity index (χ4v) is 4.46. The van der Waals surface area contributed by atoms with E-state index in [1.54, 1.807) is 0 Å². The van der Waals surface area contributed by atoms with E-state index in [4.69, 9.17) is 4.74 Å². The molecule has 0 spiro atoms. The van der Waals surface area contributed by atoms with Crippen LogP contribution < -0.4 is 0 Å². The van der Waals surface area contributed by atoms with Gasteiger partial charge in [0.1, 0.15) is 0 Å². The molecule has 0 radical (unpaired) electrons. The SMILES string of the molecule is C[C@@H]1CN(Cc2cc(C3CC3)n[nH]2)CC[C@@]1(O)C1CCOCC1. The van der Waals surface area contributed by atoms with E-state index in [0.717, 1.165) is 52.1 Å². The molecule has 1 saturated carbocycles. The van der Waals surface area contributed by atoms with Gasteiger partial charge in [0.25, 0.3) is 0 Å². The maximum absolute atomic E-state index is 11.2. The van der Waals surface area contributed by atoms with Gasteiger partial charge in [-0.05, 0) is 50.0 Å². The average Bonchev–Trinajstić information content (AvgIpc) is 3.32. The topological polar surface area (TPSA) is 61.4 Å². The summed E-state index contributed by atoms with van der Waals surface area (Å²) in [5.74, 6) is 1.42. The van der Waals surface area contributed by atoms with Crippen LogP contribution in [0, 0.1) is 11.8 Å². The molecular formula is C18H29N3O2. The molecule has 23 heavy (non-hydrogen) atoms. The highest BCUT2D eigenvalue weighted by atomic mass is 16.5. The van der Waals surface area contributed by atoms with Crippen molar-refractivity contribution in [2.75, 3.05) is 26.3 Å². The number of aromatic nitrogens is 2. The third-order valence-corrected chi connectivity index (χ3v) is 6.18. The van der Waals surface area contributed by atoms with Crippen LogP contribution in [-0.2, 0) is 11.3 Å². The molecule has 3 heterocycles. The zero-order chi connectivity index (χ0) is 15.9. The number of nitrogens with zero attached hydrogens (tertiary/aromatic N) is 2. The number of hydrogen-bond donors (Lipinski definition) is 2. The fourth-order valence-electron chi connectivity index (χ4n) is 4.46. The Labute approximate surface area is 138 Å². The third kappa shape index (κ3) is 3.19. The lowest BCUT2D eigenvalue weighted by Crippen LogP contribution is -2.55. The summed E-state index contributed by atoms with van der Waals surface area (Å²) in [7, 11) is 0. The normalized spacial score (nSPS) is 33.9. The van der Waals surface area contributed by atoms with E-state index < -0.39 is 5.60 Å². The predicted molar refractivity (Wildman–Crippen MR) is 88.1 cm³/mol. The summed E-state index contributed by atoms with van der Waals surface area (Å²) in [6.45, 7) is 6.68. The number of nitrogens with one attached hydrogen (secondary N) is 1. The van der Waals surface area contributed by atoms with Gasteiger partial charge in [0.2, 0.25) is 0 Å². The molecule has 0 aromatic carbocycles. The van der Waals surface area contributed by atoms with Crippen LogP contribution in [0.4, 0.5) is 0 Å². The molecule has 0 amide bonds. The van der Waals surface area contributed by atoms with Crippen molar-refractivity contribution in [2.45, 2.75) is 57.1 Å². The minimum atomic E-state index is -0.507. The number of H-pyrrole nitrogens is 1. The Hall–Kier alpha value is -0.910. The monoisotopic (exact) mass is 319 g/mol. The van der Waals surface area contributed by atoms with Gasteiger partial charge in [-0.25, -0.2) is 0 Å². The lowest BCUT2D eigenvalue weighted by Gasteiger charge is -2.48. The molecule has 3 fully saturated rings. The Morgan fingerprint density at radius 3 is 2.83 bits per heavy atom. The molecule has 2 saturated heterocycles. The van der Waals surface area contributed by atoms with E-state index in [1.807, 2.05) is 0 Å². The van der Waals surface area contributed by atoms with Gasteiger partial charge >= 0.3 is 0 Å². The first-order valence-electron chi connectivity index (χ1n) is 9.22. The summed E-state index contributed by atoms with van der Waals surface area (Å²) in [6, 6.07) is 2.24. The zero-order valence-corrected chi connectivity index (χ0v) is 14.1. The van der Waals surface area contributed by atoms with Gasteiger partial charge in [0, 0.05) is 44.5 Å². The Bertz CT molecular complexity index is 536. The van der Waals surface area contributed by atoms with Gasteiger partial charge in [0.15, 0.2) is 0 Å². The molecule has 2 atom stereocenters. The number of aliphatic hydroxyl groups is 1. The first-order valence-corrected chi connectivity index (χ1v) is 9.22. The van der Waals surface area contributed by atoms with Crippen LogP contribution in [-0.4, -0.2) is 52.1 Å². The molecule has 128 valence electrons. The maximum atomic E-state index is 11.2. The number of aromatic amines is 1. The van der Waals surface area contributed by atoms with Gasteiger partial charge in [0.05, 0.1) is 11.3 Å². The first-order chi connectivity index (χ1) is 11.1. The predicted octanol–water partition coefficient (Wildman–Crippen LogP) is 2.29.